The maximum atomic E-state index is 14.4. The van der Waals surface area contributed by atoms with Gasteiger partial charge in [-0.15, -0.1) is 0 Å². The molecule has 0 aliphatic rings. The van der Waals surface area contributed by atoms with Gasteiger partial charge in [0.1, 0.15) is 0 Å². The van der Waals surface area contributed by atoms with Crippen LogP contribution in [0.15, 0.2) is 0 Å². The summed E-state index contributed by atoms with van der Waals surface area (Å²) in [5, 5.41) is 0. The predicted octanol–water partition coefficient (Wildman–Crippen LogP) is 10.6. The van der Waals surface area contributed by atoms with Crippen LogP contribution in [0.5, 0.6) is 17.2 Å². The maximum absolute atomic E-state index is 14.4. The fourth-order valence-electron chi connectivity index (χ4n) is 5.48. The Morgan fingerprint density at radius 1 is 0.155 bits per heavy atom. The summed E-state index contributed by atoms with van der Waals surface area (Å²) in [7, 11) is -3.75. The van der Waals surface area contributed by atoms with Crippen LogP contribution in [0, 0.1) is 175 Å². The standard InChI is InChI=1S/C18BF15O3.C18BF15/c20-1-4(23)10(29)16(11(30)5(1)24)35-19(36-17-12(31)6(25)2(21)7(26)13(17)32)37-18-14(33)8(27)3(22)9(28)15(18)34;20-4-1(5(21)11(27)16(32)10(4)26)19(2-6(22)12(28)17(33)13(29)7(2)23)3-8(24)14(30)18(34)15(31)9(3)25. The average Bonchev–Trinajstić information content (AvgIpc) is 3.34. The molecular weight excluding hydrogens is 1070 g/mol. The minimum Gasteiger partial charge on any atom is -0.484 e. The second-order valence-corrected chi connectivity index (χ2v) is 12.7. The molecule has 71 heavy (non-hydrogen) atoms. The molecule has 0 radical (unpaired) electrons. The molecule has 3 nitrogen and oxygen atoms in total. The topological polar surface area (TPSA) is 27.7 Å². The van der Waals surface area contributed by atoms with Gasteiger partial charge in [-0.25, -0.2) is 105 Å². The van der Waals surface area contributed by atoms with Crippen LogP contribution in [0.4, 0.5) is 132 Å². The van der Waals surface area contributed by atoms with E-state index in [9.17, 15) is 132 Å². The Hall–Kier alpha value is -7.25. The molecule has 6 aromatic rings. The fraction of sp³-hybridized carbons (Fsp3) is 0. The first-order valence-electron chi connectivity index (χ1n) is 16.9. The van der Waals surface area contributed by atoms with E-state index in [1.807, 2.05) is 0 Å². The summed E-state index contributed by atoms with van der Waals surface area (Å²) in [5.41, 5.74) is -8.03. The Morgan fingerprint density at radius 2 is 0.268 bits per heavy atom. The lowest BCUT2D eigenvalue weighted by Crippen LogP contribution is -2.60. The molecular formula is C36B2F30O3. The highest BCUT2D eigenvalue weighted by Crippen LogP contribution is 2.35. The smallest absolute Gasteiger partial charge is 0.484 e. The van der Waals surface area contributed by atoms with Crippen LogP contribution in [0.1, 0.15) is 0 Å². The lowest BCUT2D eigenvalue weighted by Gasteiger charge is -2.21. The summed E-state index contributed by atoms with van der Waals surface area (Å²) in [6.45, 7) is -3.96. The third kappa shape index (κ3) is 8.96. The normalized spacial score (nSPS) is 11.2. The Morgan fingerprint density at radius 3 is 0.408 bits per heavy atom. The predicted molar refractivity (Wildman–Crippen MR) is 170 cm³/mol. The van der Waals surface area contributed by atoms with Crippen molar-refractivity contribution in [3.05, 3.63) is 175 Å². The van der Waals surface area contributed by atoms with Gasteiger partial charge in [0.25, 0.3) is 6.71 Å². The molecule has 0 amide bonds. The minimum atomic E-state index is -3.96. The number of benzene rings is 6. The van der Waals surface area contributed by atoms with Crippen LogP contribution in [0.25, 0.3) is 0 Å². The van der Waals surface area contributed by atoms with Crippen molar-refractivity contribution in [2.45, 2.75) is 0 Å². The second-order valence-electron chi connectivity index (χ2n) is 12.7. The van der Waals surface area contributed by atoms with Crippen LogP contribution in [-0.2, 0) is 0 Å². The van der Waals surface area contributed by atoms with Gasteiger partial charge in [-0.1, -0.05) is 0 Å². The summed E-state index contributed by atoms with van der Waals surface area (Å²) in [4.78, 5) is 0. The van der Waals surface area contributed by atoms with Crippen LogP contribution >= 0.6 is 0 Å². The molecule has 0 bridgehead atoms. The molecule has 6 aromatic carbocycles. The van der Waals surface area contributed by atoms with Gasteiger partial charge in [-0.2, -0.15) is 26.3 Å². The van der Waals surface area contributed by atoms with Gasteiger partial charge >= 0.3 is 7.32 Å². The molecule has 0 heterocycles. The van der Waals surface area contributed by atoms with E-state index in [-0.39, 0.29) is 0 Å². The molecule has 0 spiro atoms. The SMILES string of the molecule is Fc1c(F)c(F)c(B(c2c(F)c(F)c(F)c(F)c2F)c2c(F)c(F)c(F)c(F)c2F)c(F)c1F.Fc1c(F)c(F)c(OB(Oc2c(F)c(F)c(F)c(F)c2F)Oc2c(F)c(F)c(F)c(F)c2F)c(F)c1F. The van der Waals surface area contributed by atoms with E-state index in [4.69, 9.17) is 0 Å². The molecule has 0 aliphatic heterocycles. The summed E-state index contributed by atoms with van der Waals surface area (Å²) in [6, 6.07) is 0. The van der Waals surface area contributed by atoms with Crippen molar-refractivity contribution in [3.63, 3.8) is 0 Å². The van der Waals surface area contributed by atoms with E-state index in [0.29, 0.717) is 0 Å². The molecule has 6 rings (SSSR count). The monoisotopic (exact) mass is 1070 g/mol. The molecule has 0 aliphatic carbocycles. The summed E-state index contributed by atoms with van der Waals surface area (Å²) < 4.78 is 424. The highest BCUT2D eigenvalue weighted by Gasteiger charge is 2.46. The lowest BCUT2D eigenvalue weighted by molar-refractivity contribution is 0.246. The van der Waals surface area contributed by atoms with Crippen LogP contribution < -0.4 is 30.4 Å². The van der Waals surface area contributed by atoms with Gasteiger partial charge in [0, 0.05) is 16.4 Å². The van der Waals surface area contributed by atoms with Gasteiger partial charge in [0.05, 0.1) is 0 Å². The molecule has 0 atom stereocenters. The molecule has 0 saturated carbocycles. The molecule has 0 unspecified atom stereocenters. The molecule has 0 fully saturated rings. The highest BCUT2D eigenvalue weighted by atomic mass is 19.2. The van der Waals surface area contributed by atoms with E-state index in [1.54, 1.807) is 0 Å². The van der Waals surface area contributed by atoms with E-state index >= 15 is 0 Å². The summed E-state index contributed by atoms with van der Waals surface area (Å²) in [6.07, 6.45) is 0. The van der Waals surface area contributed by atoms with Crippen LogP contribution in [-0.4, -0.2) is 14.0 Å². The van der Waals surface area contributed by atoms with E-state index in [0.717, 1.165) is 0 Å². The van der Waals surface area contributed by atoms with Crippen molar-refractivity contribution in [1.29, 1.82) is 0 Å². The molecule has 0 saturated heterocycles. The van der Waals surface area contributed by atoms with E-state index < -0.39 is 222 Å². The third-order valence-corrected chi connectivity index (χ3v) is 8.75. The Labute approximate surface area is 368 Å². The minimum absolute atomic E-state index is 2.51. The zero-order valence-corrected chi connectivity index (χ0v) is 31.7. The second kappa shape index (κ2) is 19.9. The van der Waals surface area contributed by atoms with Gasteiger partial charge in [-0.05, 0) is 0 Å². The van der Waals surface area contributed by atoms with Crippen LogP contribution in [0.2, 0.25) is 0 Å². The first-order chi connectivity index (χ1) is 32.8. The van der Waals surface area contributed by atoms with Crippen molar-refractivity contribution in [3.8, 4) is 17.2 Å². The largest absolute Gasteiger partial charge is 0.864 e. The van der Waals surface area contributed by atoms with E-state index in [2.05, 4.69) is 14.0 Å². The van der Waals surface area contributed by atoms with Gasteiger partial charge < -0.3 is 14.0 Å². The number of halogens is 30. The van der Waals surface area contributed by atoms with Crippen molar-refractivity contribution >= 4 is 30.4 Å². The zero-order chi connectivity index (χ0) is 54.1. The quantitative estimate of drug-likeness (QED) is 0.0625. The van der Waals surface area contributed by atoms with Gasteiger partial charge in [0.15, 0.2) is 105 Å². The first-order valence-corrected chi connectivity index (χ1v) is 16.9. The Bertz CT molecular complexity index is 2710. The Balaban J connectivity index is 0.000000265. The van der Waals surface area contributed by atoms with Crippen molar-refractivity contribution < 1.29 is 146 Å². The summed E-state index contributed by atoms with van der Waals surface area (Å²) in [5.74, 6) is -95.2. The maximum Gasteiger partial charge on any atom is 0.864 e. The molecule has 378 valence electrons. The van der Waals surface area contributed by atoms with Gasteiger partial charge in [-0.3, -0.25) is 0 Å². The Kier molecular flexibility index (Phi) is 15.3. The molecule has 0 N–H and O–H groups in total. The highest BCUT2D eigenvalue weighted by molar-refractivity contribution is 6.95. The summed E-state index contributed by atoms with van der Waals surface area (Å²) >= 11 is 0. The zero-order valence-electron chi connectivity index (χ0n) is 31.7. The molecule has 0 aromatic heterocycles. The number of hydrogen-bond acceptors (Lipinski definition) is 3. The fourth-order valence-corrected chi connectivity index (χ4v) is 5.48. The van der Waals surface area contributed by atoms with E-state index in [1.165, 1.54) is 0 Å². The van der Waals surface area contributed by atoms with Crippen molar-refractivity contribution in [1.82, 2.24) is 0 Å². The van der Waals surface area contributed by atoms with Gasteiger partial charge in [0.2, 0.25) is 87.3 Å². The van der Waals surface area contributed by atoms with Crippen LogP contribution in [0.3, 0.4) is 0 Å². The lowest BCUT2D eigenvalue weighted by atomic mass is 9.36. The third-order valence-electron chi connectivity index (χ3n) is 8.75. The average molecular weight is 1070 g/mol. The van der Waals surface area contributed by atoms with Crippen molar-refractivity contribution in [2.75, 3.05) is 0 Å². The molecule has 35 heteroatoms. The van der Waals surface area contributed by atoms with Crippen molar-refractivity contribution in [2.24, 2.45) is 0 Å². The number of hydrogen-bond donors (Lipinski definition) is 0. The first kappa shape index (κ1) is 54.7. The number of rotatable bonds is 9.